The van der Waals surface area contributed by atoms with Gasteiger partial charge in [0.15, 0.2) is 0 Å². The van der Waals surface area contributed by atoms with E-state index in [-0.39, 0.29) is 5.91 Å². The van der Waals surface area contributed by atoms with Crippen LogP contribution in [-0.2, 0) is 6.54 Å². The van der Waals surface area contributed by atoms with Crippen LogP contribution in [0.3, 0.4) is 0 Å². The fraction of sp³-hybridized carbons (Fsp3) is 0.588. The number of nitrogens with two attached hydrogens (primary N) is 1. The zero-order valence-electron chi connectivity index (χ0n) is 12.1. The average molecular weight is 272 g/mol. The third-order valence-electron chi connectivity index (χ3n) is 4.94. The molecule has 2 N–H and O–H groups in total. The molecule has 0 bridgehead atoms. The zero-order valence-corrected chi connectivity index (χ0v) is 12.1. The molecule has 1 aliphatic heterocycles. The van der Waals surface area contributed by atoms with Crippen LogP contribution in [0.2, 0.25) is 0 Å². The van der Waals surface area contributed by atoms with Crippen molar-refractivity contribution in [2.24, 2.45) is 11.7 Å². The summed E-state index contributed by atoms with van der Waals surface area (Å²) in [6.45, 7) is 1.46. The fourth-order valence-electron chi connectivity index (χ4n) is 3.83. The highest BCUT2D eigenvalue weighted by molar-refractivity contribution is 5.94. The Labute approximate surface area is 121 Å². The molecule has 108 valence electrons. The van der Waals surface area contributed by atoms with E-state index in [0.717, 1.165) is 30.0 Å². The molecule has 1 amide bonds. The van der Waals surface area contributed by atoms with Crippen LogP contribution >= 0.6 is 0 Å². The van der Waals surface area contributed by atoms with Gasteiger partial charge in [0.1, 0.15) is 0 Å². The molecule has 2 aliphatic rings. The molecule has 3 nitrogen and oxygen atoms in total. The van der Waals surface area contributed by atoms with E-state index in [1.165, 1.54) is 32.1 Å². The number of hydrogen-bond acceptors (Lipinski definition) is 2. The molecule has 1 aromatic rings. The van der Waals surface area contributed by atoms with Crippen LogP contribution in [-0.4, -0.2) is 23.4 Å². The quantitative estimate of drug-likeness (QED) is 0.899. The molecule has 3 heteroatoms. The lowest BCUT2D eigenvalue weighted by Crippen LogP contribution is -2.49. The number of likely N-dealkylation sites (tertiary alicyclic amines) is 1. The van der Waals surface area contributed by atoms with E-state index in [1.54, 1.807) is 0 Å². The normalized spacial score (nSPS) is 26.1. The van der Waals surface area contributed by atoms with E-state index in [0.29, 0.717) is 12.6 Å². The Morgan fingerprint density at radius 1 is 1.10 bits per heavy atom. The minimum atomic E-state index is 0.213. The number of carbonyl (C=O) groups is 1. The minimum absolute atomic E-state index is 0.213. The number of rotatable bonds is 2. The van der Waals surface area contributed by atoms with Crippen molar-refractivity contribution in [2.75, 3.05) is 6.54 Å². The van der Waals surface area contributed by atoms with Gasteiger partial charge in [-0.2, -0.15) is 0 Å². The molecule has 0 spiro atoms. The summed E-state index contributed by atoms with van der Waals surface area (Å²) in [6, 6.07) is 8.28. The summed E-state index contributed by atoms with van der Waals surface area (Å²) in [6.07, 6.45) is 7.58. The molecule has 2 fully saturated rings. The van der Waals surface area contributed by atoms with Crippen LogP contribution in [0.4, 0.5) is 0 Å². The summed E-state index contributed by atoms with van der Waals surface area (Å²) in [4.78, 5) is 14.9. The number of hydrogen-bond donors (Lipinski definition) is 1. The smallest absolute Gasteiger partial charge is 0.254 e. The van der Waals surface area contributed by atoms with Crippen molar-refractivity contribution in [2.45, 2.75) is 51.1 Å². The van der Waals surface area contributed by atoms with Gasteiger partial charge < -0.3 is 10.6 Å². The topological polar surface area (TPSA) is 46.3 Å². The third kappa shape index (κ3) is 2.59. The first kappa shape index (κ1) is 13.6. The Balaban J connectivity index is 1.77. The fourth-order valence-corrected chi connectivity index (χ4v) is 3.83. The summed E-state index contributed by atoms with van der Waals surface area (Å²) in [7, 11) is 0. The highest BCUT2D eigenvalue weighted by atomic mass is 16.2. The summed E-state index contributed by atoms with van der Waals surface area (Å²) in [5, 5.41) is 0. The number of nitrogens with zero attached hydrogens (tertiary/aromatic N) is 1. The van der Waals surface area contributed by atoms with Gasteiger partial charge in [-0.3, -0.25) is 4.79 Å². The Morgan fingerprint density at radius 3 is 2.55 bits per heavy atom. The average Bonchev–Trinajstić information content (AvgIpc) is 2.54. The number of amides is 1. The standard InChI is InChI=1S/C17H24N2O/c18-12-13-7-9-15(10-8-13)17(20)19-11-3-5-14-4-1-2-6-16(14)19/h7-10,14,16H,1-6,11-12,18H2. The second-order valence-electron chi connectivity index (χ2n) is 6.15. The van der Waals surface area contributed by atoms with Crippen molar-refractivity contribution in [1.29, 1.82) is 0 Å². The van der Waals surface area contributed by atoms with Gasteiger partial charge in [-0.15, -0.1) is 0 Å². The first-order chi connectivity index (χ1) is 9.79. The van der Waals surface area contributed by atoms with Gasteiger partial charge in [0.05, 0.1) is 0 Å². The lowest BCUT2D eigenvalue weighted by molar-refractivity contribution is 0.0390. The van der Waals surface area contributed by atoms with Gasteiger partial charge in [0, 0.05) is 24.7 Å². The molecule has 0 aromatic heterocycles. The molecule has 1 heterocycles. The van der Waals surface area contributed by atoms with Crippen LogP contribution in [0.25, 0.3) is 0 Å². The van der Waals surface area contributed by atoms with E-state index in [4.69, 9.17) is 5.73 Å². The van der Waals surface area contributed by atoms with Gasteiger partial charge in [0.25, 0.3) is 5.91 Å². The van der Waals surface area contributed by atoms with E-state index < -0.39 is 0 Å². The Morgan fingerprint density at radius 2 is 1.80 bits per heavy atom. The first-order valence-corrected chi connectivity index (χ1v) is 7.89. The van der Waals surface area contributed by atoms with Crippen molar-refractivity contribution < 1.29 is 4.79 Å². The summed E-state index contributed by atoms with van der Waals surface area (Å²) < 4.78 is 0. The first-order valence-electron chi connectivity index (χ1n) is 7.89. The molecule has 3 rings (SSSR count). The van der Waals surface area contributed by atoms with Crippen molar-refractivity contribution in [1.82, 2.24) is 4.90 Å². The summed E-state index contributed by atoms with van der Waals surface area (Å²) >= 11 is 0. The second kappa shape index (κ2) is 5.96. The molecule has 20 heavy (non-hydrogen) atoms. The molecular formula is C17H24N2O. The third-order valence-corrected chi connectivity index (χ3v) is 4.94. The second-order valence-corrected chi connectivity index (χ2v) is 6.15. The van der Waals surface area contributed by atoms with Crippen molar-refractivity contribution in [3.8, 4) is 0 Å². The van der Waals surface area contributed by atoms with Gasteiger partial charge in [-0.1, -0.05) is 25.0 Å². The van der Waals surface area contributed by atoms with Crippen LogP contribution in [0.5, 0.6) is 0 Å². The molecular weight excluding hydrogens is 248 g/mol. The molecule has 1 aromatic carbocycles. The highest BCUT2D eigenvalue weighted by Gasteiger charge is 2.35. The highest BCUT2D eigenvalue weighted by Crippen LogP contribution is 2.35. The number of benzene rings is 1. The maximum absolute atomic E-state index is 12.7. The lowest BCUT2D eigenvalue weighted by atomic mass is 9.78. The van der Waals surface area contributed by atoms with Crippen molar-refractivity contribution in [3.05, 3.63) is 35.4 Å². The predicted octanol–water partition coefficient (Wildman–Crippen LogP) is 2.94. The number of fused-ring (bicyclic) bond motifs is 1. The Bertz CT molecular complexity index is 466. The summed E-state index contributed by atoms with van der Waals surface area (Å²) in [5.41, 5.74) is 7.50. The maximum Gasteiger partial charge on any atom is 0.254 e. The molecule has 2 atom stereocenters. The minimum Gasteiger partial charge on any atom is -0.335 e. The monoisotopic (exact) mass is 272 g/mol. The van der Waals surface area contributed by atoms with Gasteiger partial charge in [-0.25, -0.2) is 0 Å². The molecule has 1 aliphatic carbocycles. The van der Waals surface area contributed by atoms with Crippen LogP contribution in [0, 0.1) is 5.92 Å². The van der Waals surface area contributed by atoms with Crippen LogP contribution < -0.4 is 5.73 Å². The maximum atomic E-state index is 12.7. The van der Waals surface area contributed by atoms with E-state index >= 15 is 0 Å². The van der Waals surface area contributed by atoms with E-state index in [9.17, 15) is 4.79 Å². The van der Waals surface area contributed by atoms with Crippen LogP contribution in [0.15, 0.2) is 24.3 Å². The predicted molar refractivity (Wildman–Crippen MR) is 80.3 cm³/mol. The van der Waals surface area contributed by atoms with E-state index in [1.807, 2.05) is 24.3 Å². The summed E-state index contributed by atoms with van der Waals surface area (Å²) in [5.74, 6) is 0.954. The van der Waals surface area contributed by atoms with Gasteiger partial charge >= 0.3 is 0 Å². The zero-order chi connectivity index (χ0) is 13.9. The number of piperidine rings is 1. The molecule has 2 unspecified atom stereocenters. The number of carbonyl (C=O) groups excluding carboxylic acids is 1. The molecule has 1 saturated heterocycles. The molecule has 1 saturated carbocycles. The van der Waals surface area contributed by atoms with E-state index in [2.05, 4.69) is 4.90 Å². The lowest BCUT2D eigenvalue weighted by Gasteiger charge is -2.44. The molecule has 0 radical (unpaired) electrons. The Hall–Kier alpha value is -1.35. The largest absolute Gasteiger partial charge is 0.335 e. The van der Waals surface area contributed by atoms with Gasteiger partial charge in [-0.05, 0) is 49.3 Å². The van der Waals surface area contributed by atoms with Gasteiger partial charge in [0.2, 0.25) is 0 Å². The Kier molecular flexibility index (Phi) is 4.06. The van der Waals surface area contributed by atoms with Crippen molar-refractivity contribution in [3.63, 3.8) is 0 Å². The van der Waals surface area contributed by atoms with Crippen molar-refractivity contribution >= 4 is 5.91 Å². The van der Waals surface area contributed by atoms with Crippen LogP contribution in [0.1, 0.15) is 54.4 Å². The SMILES string of the molecule is NCc1ccc(C(=O)N2CCCC3CCCCC32)cc1.